The predicted molar refractivity (Wildman–Crippen MR) is 137 cm³/mol. The standard InChI is InChI=1S/C26H23BrN2O4S/c1-4-33-25(31)22-16(2)28-26-29(23(22)18-10-14-20(32-3)15-11-18)24(30)21(34-26)7-5-6-17-8-12-19(27)13-9-17/h5-15,23H,4H2,1-3H3/b6-5+,21-7-/t23-/m1/s1. The van der Waals surface area contributed by atoms with Gasteiger partial charge < -0.3 is 9.47 Å². The van der Waals surface area contributed by atoms with E-state index in [0.29, 0.717) is 26.4 Å². The van der Waals surface area contributed by atoms with Crippen LogP contribution in [0.5, 0.6) is 5.75 Å². The van der Waals surface area contributed by atoms with E-state index in [2.05, 4.69) is 20.9 Å². The fourth-order valence-electron chi connectivity index (χ4n) is 3.73. The van der Waals surface area contributed by atoms with Crippen LogP contribution in [-0.4, -0.2) is 24.3 Å². The van der Waals surface area contributed by atoms with Crippen molar-refractivity contribution in [1.82, 2.24) is 4.57 Å². The molecule has 0 aliphatic carbocycles. The highest BCUT2D eigenvalue weighted by atomic mass is 79.9. The normalized spacial score (nSPS) is 15.9. The van der Waals surface area contributed by atoms with E-state index in [1.807, 2.05) is 60.7 Å². The minimum Gasteiger partial charge on any atom is -0.497 e. The first-order valence-corrected chi connectivity index (χ1v) is 12.3. The maximum Gasteiger partial charge on any atom is 0.338 e. The lowest BCUT2D eigenvalue weighted by Crippen LogP contribution is -2.39. The van der Waals surface area contributed by atoms with Crippen LogP contribution in [0.1, 0.15) is 31.0 Å². The molecule has 2 heterocycles. The summed E-state index contributed by atoms with van der Waals surface area (Å²) in [6.07, 6.45) is 5.55. The molecule has 0 fully saturated rings. The maximum absolute atomic E-state index is 13.5. The number of hydrogen-bond acceptors (Lipinski definition) is 6. The van der Waals surface area contributed by atoms with Gasteiger partial charge in [0.25, 0.3) is 5.56 Å². The van der Waals surface area contributed by atoms with E-state index in [0.717, 1.165) is 15.6 Å². The number of esters is 1. The fraction of sp³-hybridized carbons (Fsp3) is 0.192. The van der Waals surface area contributed by atoms with E-state index < -0.39 is 12.0 Å². The number of thiazole rings is 1. The summed E-state index contributed by atoms with van der Waals surface area (Å²) >= 11 is 4.72. The molecule has 6 nitrogen and oxygen atoms in total. The number of aromatic nitrogens is 1. The summed E-state index contributed by atoms with van der Waals surface area (Å²) in [6.45, 7) is 3.76. The number of ether oxygens (including phenoxy) is 2. The van der Waals surface area contributed by atoms with Gasteiger partial charge in [-0.1, -0.05) is 63.7 Å². The van der Waals surface area contributed by atoms with Gasteiger partial charge in [-0.2, -0.15) is 0 Å². The molecule has 0 saturated heterocycles. The molecule has 1 aliphatic rings. The van der Waals surface area contributed by atoms with Gasteiger partial charge in [0.05, 0.1) is 35.6 Å². The lowest BCUT2D eigenvalue weighted by atomic mass is 9.96. The molecule has 34 heavy (non-hydrogen) atoms. The molecule has 2 aromatic carbocycles. The van der Waals surface area contributed by atoms with Crippen molar-refractivity contribution < 1.29 is 14.3 Å². The van der Waals surface area contributed by atoms with E-state index in [-0.39, 0.29) is 12.2 Å². The summed E-state index contributed by atoms with van der Waals surface area (Å²) in [5.41, 5.74) is 2.48. The molecule has 0 amide bonds. The number of carbonyl (C=O) groups is 1. The van der Waals surface area contributed by atoms with Gasteiger partial charge in [0.1, 0.15) is 5.75 Å². The molecule has 0 unspecified atom stereocenters. The number of nitrogens with zero attached hydrogens (tertiary/aromatic N) is 2. The molecule has 0 N–H and O–H groups in total. The first-order chi connectivity index (χ1) is 16.4. The number of halogens is 1. The van der Waals surface area contributed by atoms with E-state index in [9.17, 15) is 9.59 Å². The van der Waals surface area contributed by atoms with Gasteiger partial charge in [-0.3, -0.25) is 9.36 Å². The third kappa shape index (κ3) is 4.83. The Morgan fingerprint density at radius 1 is 1.18 bits per heavy atom. The third-order valence-corrected chi connectivity index (χ3v) is 6.88. The van der Waals surface area contributed by atoms with Crippen molar-refractivity contribution in [3.63, 3.8) is 0 Å². The van der Waals surface area contributed by atoms with Crippen molar-refractivity contribution in [3.8, 4) is 5.75 Å². The van der Waals surface area contributed by atoms with Crippen LogP contribution in [0.25, 0.3) is 12.2 Å². The number of rotatable bonds is 6. The first-order valence-electron chi connectivity index (χ1n) is 10.7. The Bertz CT molecular complexity index is 1450. The second kappa shape index (κ2) is 10.4. The van der Waals surface area contributed by atoms with Crippen molar-refractivity contribution in [2.45, 2.75) is 19.9 Å². The summed E-state index contributed by atoms with van der Waals surface area (Å²) in [5, 5.41) is 0. The van der Waals surface area contributed by atoms with Gasteiger partial charge in [-0.25, -0.2) is 9.79 Å². The number of methoxy groups -OCH3 is 1. The van der Waals surface area contributed by atoms with Gasteiger partial charge >= 0.3 is 5.97 Å². The molecule has 174 valence electrons. The average molecular weight is 539 g/mol. The predicted octanol–water partition coefficient (Wildman–Crippen LogP) is 4.23. The molecular weight excluding hydrogens is 516 g/mol. The minimum atomic E-state index is -0.640. The zero-order chi connectivity index (χ0) is 24.2. The summed E-state index contributed by atoms with van der Waals surface area (Å²) in [6, 6.07) is 14.6. The first kappa shape index (κ1) is 23.9. The molecule has 1 atom stereocenters. The lowest BCUT2D eigenvalue weighted by molar-refractivity contribution is -0.139. The van der Waals surface area contributed by atoms with Crippen molar-refractivity contribution in [2.24, 2.45) is 4.99 Å². The van der Waals surface area contributed by atoms with Gasteiger partial charge in [0.2, 0.25) is 0 Å². The molecule has 8 heteroatoms. The summed E-state index contributed by atoms with van der Waals surface area (Å²) in [5.74, 6) is 0.210. The minimum absolute atomic E-state index is 0.209. The molecule has 1 aliphatic heterocycles. The zero-order valence-corrected chi connectivity index (χ0v) is 21.4. The molecule has 4 rings (SSSR count). The summed E-state index contributed by atoms with van der Waals surface area (Å²) < 4.78 is 13.7. The smallest absolute Gasteiger partial charge is 0.338 e. The van der Waals surface area contributed by atoms with Crippen LogP contribution in [0.15, 0.2) is 80.1 Å². The largest absolute Gasteiger partial charge is 0.497 e. The van der Waals surface area contributed by atoms with Crippen molar-refractivity contribution in [3.05, 3.63) is 101 Å². The van der Waals surface area contributed by atoms with Gasteiger partial charge in [-0.15, -0.1) is 0 Å². The number of hydrogen-bond donors (Lipinski definition) is 0. The van der Waals surface area contributed by atoms with Crippen LogP contribution in [0.3, 0.4) is 0 Å². The van der Waals surface area contributed by atoms with Gasteiger partial charge in [0.15, 0.2) is 4.80 Å². The van der Waals surface area contributed by atoms with Crippen molar-refractivity contribution in [2.75, 3.05) is 13.7 Å². The second-order valence-corrected chi connectivity index (χ2v) is 9.43. The Hall–Kier alpha value is -3.23. The molecule has 0 radical (unpaired) electrons. The molecule has 0 spiro atoms. The Kier molecular flexibility index (Phi) is 7.29. The van der Waals surface area contributed by atoms with Gasteiger partial charge in [-0.05, 0) is 55.3 Å². The maximum atomic E-state index is 13.5. The van der Waals surface area contributed by atoms with Gasteiger partial charge in [0, 0.05) is 4.47 Å². The van der Waals surface area contributed by atoms with Crippen molar-refractivity contribution in [1.29, 1.82) is 0 Å². The Morgan fingerprint density at radius 3 is 2.53 bits per heavy atom. The SMILES string of the molecule is CCOC(=O)C1=C(C)N=c2s/c(=C\C=C\c3ccc(Br)cc3)c(=O)n2[C@@H]1c1ccc(OC)cc1. The highest BCUT2D eigenvalue weighted by Crippen LogP contribution is 2.31. The average Bonchev–Trinajstić information content (AvgIpc) is 3.14. The summed E-state index contributed by atoms with van der Waals surface area (Å²) in [7, 11) is 1.59. The molecule has 1 aromatic heterocycles. The second-order valence-electron chi connectivity index (χ2n) is 7.51. The van der Waals surface area contributed by atoms with E-state index >= 15 is 0 Å². The molecular formula is C26H23BrN2O4S. The summed E-state index contributed by atoms with van der Waals surface area (Å²) in [4.78, 5) is 31.5. The quantitative estimate of drug-likeness (QED) is 0.440. The van der Waals surface area contributed by atoms with E-state index in [1.165, 1.54) is 11.3 Å². The van der Waals surface area contributed by atoms with Crippen LogP contribution in [0.2, 0.25) is 0 Å². The highest BCUT2D eigenvalue weighted by Gasteiger charge is 2.33. The fourth-order valence-corrected chi connectivity index (χ4v) is 4.99. The number of fused-ring (bicyclic) bond motifs is 1. The van der Waals surface area contributed by atoms with Crippen LogP contribution in [0, 0.1) is 0 Å². The molecule has 0 saturated carbocycles. The number of allylic oxidation sites excluding steroid dienone is 2. The zero-order valence-electron chi connectivity index (χ0n) is 18.9. The highest BCUT2D eigenvalue weighted by molar-refractivity contribution is 9.10. The lowest BCUT2D eigenvalue weighted by Gasteiger charge is -2.24. The number of benzene rings is 2. The third-order valence-electron chi connectivity index (χ3n) is 5.35. The van der Waals surface area contributed by atoms with E-state index in [4.69, 9.17) is 9.47 Å². The van der Waals surface area contributed by atoms with Crippen LogP contribution < -0.4 is 19.6 Å². The van der Waals surface area contributed by atoms with Crippen LogP contribution in [-0.2, 0) is 9.53 Å². The topological polar surface area (TPSA) is 69.9 Å². The van der Waals surface area contributed by atoms with Crippen LogP contribution >= 0.6 is 27.3 Å². The molecule has 3 aromatic rings. The van der Waals surface area contributed by atoms with Crippen LogP contribution in [0.4, 0.5) is 0 Å². The Balaban J connectivity index is 1.83. The van der Waals surface area contributed by atoms with E-state index in [1.54, 1.807) is 31.6 Å². The Labute approximate surface area is 209 Å². The number of carbonyl (C=O) groups excluding carboxylic acids is 1. The molecule has 0 bridgehead atoms. The monoisotopic (exact) mass is 538 g/mol. The van der Waals surface area contributed by atoms with Crippen molar-refractivity contribution >= 4 is 45.4 Å². The Morgan fingerprint density at radius 2 is 1.88 bits per heavy atom.